The molecule has 0 radical (unpaired) electrons. The molecular weight excluding hydrogens is 314 g/mol. The van der Waals surface area contributed by atoms with Crippen LogP contribution in [0.2, 0.25) is 0 Å². The summed E-state index contributed by atoms with van der Waals surface area (Å²) in [5.74, 6) is 1.37. The Balaban J connectivity index is 1.71. The Hall–Kier alpha value is -1.56. The maximum Gasteiger partial charge on any atom is 0.223 e. The van der Waals surface area contributed by atoms with Gasteiger partial charge in [-0.3, -0.25) is 4.79 Å². The highest BCUT2D eigenvalue weighted by atomic mass is 32.2. The van der Waals surface area contributed by atoms with Crippen LogP contribution in [0.4, 0.5) is 0 Å². The second-order valence-electron chi connectivity index (χ2n) is 6.31. The van der Waals surface area contributed by atoms with Gasteiger partial charge in [-0.15, -0.1) is 0 Å². The lowest BCUT2D eigenvalue weighted by Crippen LogP contribution is -2.41. The third-order valence-electron chi connectivity index (χ3n) is 4.81. The fourth-order valence-corrected chi connectivity index (χ4v) is 5.35. The van der Waals surface area contributed by atoms with Crippen molar-refractivity contribution in [2.24, 2.45) is 0 Å². The number of hydrogen-bond acceptors (Lipinski definition) is 4. The Morgan fingerprint density at radius 3 is 2.78 bits per heavy atom. The summed E-state index contributed by atoms with van der Waals surface area (Å²) in [5.41, 5.74) is 1.09. The van der Waals surface area contributed by atoms with Crippen molar-refractivity contribution in [3.63, 3.8) is 0 Å². The zero-order valence-corrected chi connectivity index (χ0v) is 14.2. The fourth-order valence-electron chi connectivity index (χ4n) is 3.62. The fraction of sp³-hybridized carbons (Fsp3) is 0.588. The summed E-state index contributed by atoms with van der Waals surface area (Å²) >= 11 is 0. The van der Waals surface area contributed by atoms with E-state index in [1.807, 2.05) is 31.2 Å². The molecule has 2 aliphatic heterocycles. The lowest BCUT2D eigenvalue weighted by Gasteiger charge is -2.31. The summed E-state index contributed by atoms with van der Waals surface area (Å²) in [6.07, 6.45) is 1.81. The number of fused-ring (bicyclic) bond motifs is 1. The van der Waals surface area contributed by atoms with Gasteiger partial charge in [0.05, 0.1) is 18.1 Å². The molecule has 0 bridgehead atoms. The monoisotopic (exact) mass is 337 g/mol. The molecule has 126 valence electrons. The third-order valence-corrected chi connectivity index (χ3v) is 6.56. The van der Waals surface area contributed by atoms with Crippen molar-refractivity contribution in [1.82, 2.24) is 4.90 Å². The van der Waals surface area contributed by atoms with Crippen molar-refractivity contribution in [2.75, 3.05) is 24.7 Å². The molecule has 0 aliphatic carbocycles. The number of hydrogen-bond donors (Lipinski definition) is 0. The van der Waals surface area contributed by atoms with E-state index in [-0.39, 0.29) is 29.4 Å². The van der Waals surface area contributed by atoms with Crippen molar-refractivity contribution in [2.45, 2.75) is 38.1 Å². The number of sulfone groups is 1. The molecule has 1 amide bonds. The molecular formula is C17H23NO4S. The summed E-state index contributed by atoms with van der Waals surface area (Å²) in [5, 5.41) is 0. The van der Waals surface area contributed by atoms with E-state index in [2.05, 4.69) is 0 Å². The number of carbonyl (C=O) groups is 1. The second-order valence-corrected chi connectivity index (χ2v) is 8.54. The average Bonchev–Trinajstić information content (AvgIpc) is 2.88. The van der Waals surface area contributed by atoms with Crippen LogP contribution < -0.4 is 4.74 Å². The molecule has 1 aromatic carbocycles. The molecule has 1 fully saturated rings. The highest BCUT2D eigenvalue weighted by Gasteiger charge is 2.35. The van der Waals surface area contributed by atoms with Crippen LogP contribution in [0.5, 0.6) is 5.75 Å². The van der Waals surface area contributed by atoms with Gasteiger partial charge in [-0.1, -0.05) is 18.2 Å². The van der Waals surface area contributed by atoms with Crippen LogP contribution in [0.3, 0.4) is 0 Å². The topological polar surface area (TPSA) is 63.7 Å². The van der Waals surface area contributed by atoms with E-state index in [0.717, 1.165) is 17.7 Å². The number of ether oxygens (including phenoxy) is 1. The average molecular weight is 337 g/mol. The standard InChI is InChI=1S/C17H23NO4S/c1-2-18(14-8-10-23(20,21)12-14)17(19)11-13-7-9-22-16-6-4-3-5-15(13)16/h3-6,13-14H,2,7-12H2,1H3. The molecule has 2 atom stereocenters. The smallest absolute Gasteiger partial charge is 0.223 e. The molecule has 0 aromatic heterocycles. The predicted molar refractivity (Wildman–Crippen MR) is 88.4 cm³/mol. The van der Waals surface area contributed by atoms with Crippen molar-refractivity contribution in [3.05, 3.63) is 29.8 Å². The number of nitrogens with zero attached hydrogens (tertiary/aromatic N) is 1. The Labute approximate surface area is 137 Å². The molecule has 6 heteroatoms. The Bertz CT molecular complexity index is 686. The summed E-state index contributed by atoms with van der Waals surface area (Å²) in [6, 6.07) is 7.69. The molecule has 23 heavy (non-hydrogen) atoms. The van der Waals surface area contributed by atoms with E-state index in [1.54, 1.807) is 4.90 Å². The lowest BCUT2D eigenvalue weighted by molar-refractivity contribution is -0.133. The van der Waals surface area contributed by atoms with Crippen LogP contribution in [0, 0.1) is 0 Å². The molecule has 0 N–H and O–H groups in total. The van der Waals surface area contributed by atoms with Crippen molar-refractivity contribution < 1.29 is 17.9 Å². The molecule has 2 heterocycles. The van der Waals surface area contributed by atoms with Crippen LogP contribution in [0.1, 0.15) is 37.7 Å². The van der Waals surface area contributed by atoms with Gasteiger partial charge < -0.3 is 9.64 Å². The third kappa shape index (κ3) is 3.52. The van der Waals surface area contributed by atoms with Crippen LogP contribution in [-0.2, 0) is 14.6 Å². The van der Waals surface area contributed by atoms with Crippen LogP contribution in [0.25, 0.3) is 0 Å². The Morgan fingerprint density at radius 1 is 1.30 bits per heavy atom. The number of amides is 1. The summed E-state index contributed by atoms with van der Waals surface area (Å²) < 4.78 is 29.0. The van der Waals surface area contributed by atoms with Crippen molar-refractivity contribution in [1.29, 1.82) is 0 Å². The molecule has 1 aromatic rings. The number of carbonyl (C=O) groups excluding carboxylic acids is 1. The van der Waals surface area contributed by atoms with Gasteiger partial charge in [0.25, 0.3) is 0 Å². The highest BCUT2D eigenvalue weighted by molar-refractivity contribution is 7.91. The van der Waals surface area contributed by atoms with Crippen LogP contribution >= 0.6 is 0 Å². The molecule has 1 saturated heterocycles. The normalized spacial score (nSPS) is 25.4. The van der Waals surface area contributed by atoms with Gasteiger partial charge in [-0.05, 0) is 37.3 Å². The minimum absolute atomic E-state index is 0.0521. The van der Waals surface area contributed by atoms with E-state index in [0.29, 0.717) is 26.0 Å². The van der Waals surface area contributed by atoms with Gasteiger partial charge in [-0.2, -0.15) is 0 Å². The second kappa shape index (κ2) is 6.51. The van der Waals surface area contributed by atoms with Gasteiger partial charge >= 0.3 is 0 Å². The van der Waals surface area contributed by atoms with E-state index >= 15 is 0 Å². The van der Waals surface area contributed by atoms with E-state index in [4.69, 9.17) is 4.74 Å². The van der Waals surface area contributed by atoms with Gasteiger partial charge in [0, 0.05) is 19.0 Å². The summed E-state index contributed by atoms with van der Waals surface area (Å²) in [6.45, 7) is 3.10. The summed E-state index contributed by atoms with van der Waals surface area (Å²) in [7, 11) is -2.98. The first-order valence-corrected chi connectivity index (χ1v) is 10.0. The molecule has 0 spiro atoms. The van der Waals surface area contributed by atoms with E-state index in [9.17, 15) is 13.2 Å². The zero-order valence-electron chi connectivity index (χ0n) is 13.4. The largest absolute Gasteiger partial charge is 0.493 e. The molecule has 2 unspecified atom stereocenters. The van der Waals surface area contributed by atoms with Crippen LogP contribution in [0.15, 0.2) is 24.3 Å². The Morgan fingerprint density at radius 2 is 2.09 bits per heavy atom. The number of rotatable bonds is 4. The molecule has 3 rings (SSSR count). The minimum Gasteiger partial charge on any atom is -0.493 e. The highest BCUT2D eigenvalue weighted by Crippen LogP contribution is 2.36. The Kier molecular flexibility index (Phi) is 4.62. The quantitative estimate of drug-likeness (QED) is 0.843. The van der Waals surface area contributed by atoms with Crippen molar-refractivity contribution in [3.8, 4) is 5.75 Å². The predicted octanol–water partition coefficient (Wildman–Crippen LogP) is 1.98. The van der Waals surface area contributed by atoms with Gasteiger partial charge in [0.1, 0.15) is 5.75 Å². The SMILES string of the molecule is CCN(C(=O)CC1CCOc2ccccc21)C1CCS(=O)(=O)C1. The first-order valence-electron chi connectivity index (χ1n) is 8.22. The summed E-state index contributed by atoms with van der Waals surface area (Å²) in [4.78, 5) is 14.5. The van der Waals surface area contributed by atoms with Crippen LogP contribution in [-0.4, -0.2) is 49.9 Å². The lowest BCUT2D eigenvalue weighted by atomic mass is 9.89. The molecule has 5 nitrogen and oxygen atoms in total. The maximum atomic E-state index is 12.7. The first kappa shape index (κ1) is 16.3. The number of para-hydroxylation sites is 1. The minimum atomic E-state index is -2.98. The maximum absolute atomic E-state index is 12.7. The molecule has 2 aliphatic rings. The molecule has 0 saturated carbocycles. The first-order chi connectivity index (χ1) is 11.0. The number of benzene rings is 1. The van der Waals surface area contributed by atoms with E-state index in [1.165, 1.54) is 0 Å². The van der Waals surface area contributed by atoms with Gasteiger partial charge in [0.15, 0.2) is 9.84 Å². The van der Waals surface area contributed by atoms with E-state index < -0.39 is 9.84 Å². The van der Waals surface area contributed by atoms with Gasteiger partial charge in [-0.25, -0.2) is 8.42 Å². The van der Waals surface area contributed by atoms with Gasteiger partial charge in [0.2, 0.25) is 5.91 Å². The zero-order chi connectivity index (χ0) is 16.4. The van der Waals surface area contributed by atoms with Crippen molar-refractivity contribution >= 4 is 15.7 Å².